The highest BCUT2D eigenvalue weighted by molar-refractivity contribution is 6.10. The molecule has 0 spiro atoms. The number of furan rings is 2. The third kappa shape index (κ3) is 4.71. The van der Waals surface area contributed by atoms with E-state index in [0.29, 0.717) is 0 Å². The van der Waals surface area contributed by atoms with Gasteiger partial charge in [-0.1, -0.05) is 91.0 Å². The number of benzene rings is 7. The standard InChI is InChI=1S/C48H29N3O2/c1-2-8-37-30(7-1)15-16-33-29-36(25-26-38(33)37)51(34-21-17-31(18-22-34)39-9-3-11-41-45-43(52-47(39)41)13-5-27-49-45)35-23-19-32(20-24-35)40-10-4-12-42-46-44(53-48(40)42)14-6-28-50-46/h1-29H. The van der Waals surface area contributed by atoms with Gasteiger partial charge < -0.3 is 13.7 Å². The van der Waals surface area contributed by atoms with E-state index in [2.05, 4.69) is 154 Å². The number of pyridine rings is 2. The van der Waals surface area contributed by atoms with Gasteiger partial charge in [0.1, 0.15) is 22.2 Å². The Morgan fingerprint density at radius 1 is 0.377 bits per heavy atom. The van der Waals surface area contributed by atoms with Crippen LogP contribution in [-0.4, -0.2) is 9.97 Å². The molecule has 4 aromatic heterocycles. The van der Waals surface area contributed by atoms with E-state index in [9.17, 15) is 0 Å². The molecule has 5 heteroatoms. The van der Waals surface area contributed by atoms with Crippen LogP contribution >= 0.6 is 0 Å². The van der Waals surface area contributed by atoms with E-state index >= 15 is 0 Å². The second kappa shape index (κ2) is 11.7. The van der Waals surface area contributed by atoms with Gasteiger partial charge in [0.25, 0.3) is 0 Å². The zero-order valence-corrected chi connectivity index (χ0v) is 28.4. The SMILES string of the molecule is c1ccc2c(c1)ccc1cc(N(c3ccc(-c4cccc5c4oc4cccnc45)cc3)c3ccc(-c4cccc5c4oc4cccnc45)cc3)ccc12. The zero-order valence-electron chi connectivity index (χ0n) is 28.4. The van der Waals surface area contributed by atoms with Gasteiger partial charge in [-0.05, 0) is 105 Å². The number of para-hydroxylation sites is 2. The molecule has 11 rings (SSSR count). The van der Waals surface area contributed by atoms with Crippen molar-refractivity contribution >= 4 is 82.7 Å². The summed E-state index contributed by atoms with van der Waals surface area (Å²) in [5.41, 5.74) is 12.4. The summed E-state index contributed by atoms with van der Waals surface area (Å²) in [5.74, 6) is 0. The molecule has 11 aromatic rings. The summed E-state index contributed by atoms with van der Waals surface area (Å²) in [6.45, 7) is 0. The monoisotopic (exact) mass is 679 g/mol. The van der Waals surface area contributed by atoms with Crippen LogP contribution in [0.1, 0.15) is 0 Å². The fourth-order valence-electron chi connectivity index (χ4n) is 7.86. The van der Waals surface area contributed by atoms with Crippen LogP contribution in [-0.2, 0) is 0 Å². The van der Waals surface area contributed by atoms with Gasteiger partial charge in [-0.3, -0.25) is 9.97 Å². The Labute approximate surface area is 304 Å². The Hall–Kier alpha value is -7.24. The number of anilines is 3. The zero-order chi connectivity index (χ0) is 34.9. The van der Waals surface area contributed by atoms with Crippen LogP contribution < -0.4 is 4.90 Å². The summed E-state index contributed by atoms with van der Waals surface area (Å²) in [7, 11) is 0. The molecule has 0 saturated heterocycles. The fraction of sp³-hybridized carbons (Fsp3) is 0. The van der Waals surface area contributed by atoms with E-state index in [4.69, 9.17) is 8.83 Å². The van der Waals surface area contributed by atoms with Crippen LogP contribution in [0.3, 0.4) is 0 Å². The molecule has 0 saturated carbocycles. The highest BCUT2D eigenvalue weighted by atomic mass is 16.3. The summed E-state index contributed by atoms with van der Waals surface area (Å²) in [6, 6.07) is 57.5. The minimum Gasteiger partial charge on any atom is -0.454 e. The summed E-state index contributed by atoms with van der Waals surface area (Å²) < 4.78 is 12.7. The lowest BCUT2D eigenvalue weighted by Crippen LogP contribution is -2.09. The third-order valence-corrected chi connectivity index (χ3v) is 10.4. The van der Waals surface area contributed by atoms with Gasteiger partial charge in [0.15, 0.2) is 11.2 Å². The highest BCUT2D eigenvalue weighted by Crippen LogP contribution is 2.41. The molecule has 7 aromatic carbocycles. The Kier molecular flexibility index (Phi) is 6.48. The quantitative estimate of drug-likeness (QED) is 0.169. The second-order valence-electron chi connectivity index (χ2n) is 13.4. The van der Waals surface area contributed by atoms with Crippen molar-refractivity contribution in [3.8, 4) is 22.3 Å². The first-order chi connectivity index (χ1) is 26.3. The third-order valence-electron chi connectivity index (χ3n) is 10.4. The van der Waals surface area contributed by atoms with E-state index < -0.39 is 0 Å². The molecule has 0 aliphatic carbocycles. The molecule has 0 amide bonds. The first kappa shape index (κ1) is 29.5. The maximum Gasteiger partial charge on any atom is 0.153 e. The number of aromatic nitrogens is 2. The number of hydrogen-bond donors (Lipinski definition) is 0. The molecule has 0 aliphatic rings. The molecule has 0 N–H and O–H groups in total. The van der Waals surface area contributed by atoms with Crippen molar-refractivity contribution in [2.45, 2.75) is 0 Å². The topological polar surface area (TPSA) is 55.3 Å². The number of rotatable bonds is 5. The number of nitrogens with zero attached hydrogens (tertiary/aromatic N) is 3. The van der Waals surface area contributed by atoms with Crippen molar-refractivity contribution in [3.05, 3.63) is 176 Å². The molecular weight excluding hydrogens is 651 g/mol. The molecule has 5 nitrogen and oxygen atoms in total. The second-order valence-corrected chi connectivity index (χ2v) is 13.4. The van der Waals surface area contributed by atoms with Crippen LogP contribution in [0.5, 0.6) is 0 Å². The lowest BCUT2D eigenvalue weighted by molar-refractivity contribution is 0.669. The molecular formula is C48H29N3O2. The van der Waals surface area contributed by atoms with Gasteiger partial charge in [-0.25, -0.2) is 0 Å². The Morgan fingerprint density at radius 3 is 1.49 bits per heavy atom. The molecule has 0 unspecified atom stereocenters. The fourth-order valence-corrected chi connectivity index (χ4v) is 7.86. The van der Waals surface area contributed by atoms with E-state index in [1.807, 2.05) is 36.7 Å². The van der Waals surface area contributed by atoms with Crippen molar-refractivity contribution in [2.75, 3.05) is 4.90 Å². The van der Waals surface area contributed by atoms with Crippen LogP contribution in [0, 0.1) is 0 Å². The van der Waals surface area contributed by atoms with Gasteiger partial charge in [0.2, 0.25) is 0 Å². The van der Waals surface area contributed by atoms with Crippen LogP contribution in [0.2, 0.25) is 0 Å². The summed E-state index contributed by atoms with van der Waals surface area (Å²) in [5, 5.41) is 6.95. The molecule has 0 bridgehead atoms. The molecule has 0 aliphatic heterocycles. The molecule has 0 fully saturated rings. The molecule has 0 atom stereocenters. The van der Waals surface area contributed by atoms with E-state index in [1.165, 1.54) is 21.5 Å². The average molecular weight is 680 g/mol. The van der Waals surface area contributed by atoms with Gasteiger partial charge in [0, 0.05) is 51.4 Å². The predicted molar refractivity (Wildman–Crippen MR) is 217 cm³/mol. The van der Waals surface area contributed by atoms with Gasteiger partial charge >= 0.3 is 0 Å². The smallest absolute Gasteiger partial charge is 0.153 e. The number of hydrogen-bond acceptors (Lipinski definition) is 5. The molecule has 248 valence electrons. The van der Waals surface area contributed by atoms with Crippen LogP contribution in [0.4, 0.5) is 17.1 Å². The van der Waals surface area contributed by atoms with E-state index in [0.717, 1.165) is 83.5 Å². The molecule has 4 heterocycles. The Morgan fingerprint density at radius 2 is 0.887 bits per heavy atom. The largest absolute Gasteiger partial charge is 0.454 e. The predicted octanol–water partition coefficient (Wildman–Crippen LogP) is 13.4. The van der Waals surface area contributed by atoms with Gasteiger partial charge in [-0.2, -0.15) is 0 Å². The van der Waals surface area contributed by atoms with Crippen molar-refractivity contribution < 1.29 is 8.83 Å². The van der Waals surface area contributed by atoms with E-state index in [1.54, 1.807) is 0 Å². The number of fused-ring (bicyclic) bond motifs is 9. The van der Waals surface area contributed by atoms with Crippen molar-refractivity contribution in [1.29, 1.82) is 0 Å². The van der Waals surface area contributed by atoms with Crippen LogP contribution in [0.25, 0.3) is 87.9 Å². The van der Waals surface area contributed by atoms with Crippen molar-refractivity contribution in [1.82, 2.24) is 9.97 Å². The van der Waals surface area contributed by atoms with Gasteiger partial charge in [-0.15, -0.1) is 0 Å². The van der Waals surface area contributed by atoms with Crippen LogP contribution in [0.15, 0.2) is 185 Å². The minimum atomic E-state index is 0.790. The minimum absolute atomic E-state index is 0.790. The first-order valence-electron chi connectivity index (χ1n) is 17.7. The summed E-state index contributed by atoms with van der Waals surface area (Å²) in [6.07, 6.45) is 3.62. The first-order valence-corrected chi connectivity index (χ1v) is 17.7. The van der Waals surface area contributed by atoms with E-state index in [-0.39, 0.29) is 0 Å². The lowest BCUT2D eigenvalue weighted by Gasteiger charge is -2.26. The average Bonchev–Trinajstić information content (AvgIpc) is 3.80. The Bertz CT molecular complexity index is 3020. The molecule has 53 heavy (non-hydrogen) atoms. The maximum absolute atomic E-state index is 6.33. The summed E-state index contributed by atoms with van der Waals surface area (Å²) in [4.78, 5) is 11.5. The van der Waals surface area contributed by atoms with Crippen molar-refractivity contribution in [3.63, 3.8) is 0 Å². The Balaban J connectivity index is 1.04. The molecule has 0 radical (unpaired) electrons. The lowest BCUT2D eigenvalue weighted by atomic mass is 10.00. The maximum atomic E-state index is 6.33. The van der Waals surface area contributed by atoms with Crippen molar-refractivity contribution in [2.24, 2.45) is 0 Å². The highest BCUT2D eigenvalue weighted by Gasteiger charge is 2.18. The normalized spacial score (nSPS) is 11.8. The summed E-state index contributed by atoms with van der Waals surface area (Å²) >= 11 is 0. The van der Waals surface area contributed by atoms with Gasteiger partial charge in [0.05, 0.1) is 0 Å².